The fraction of sp³-hybridized carbons (Fsp3) is 0.192. The van der Waals surface area contributed by atoms with Crippen molar-refractivity contribution in [2.75, 3.05) is 12.4 Å². The van der Waals surface area contributed by atoms with Crippen molar-refractivity contribution in [3.05, 3.63) is 83.4 Å². The van der Waals surface area contributed by atoms with Gasteiger partial charge in [0.25, 0.3) is 5.91 Å². The van der Waals surface area contributed by atoms with Crippen molar-refractivity contribution in [1.82, 2.24) is 10.4 Å². The minimum atomic E-state index is -0.191. The molecule has 0 spiro atoms. The van der Waals surface area contributed by atoms with Crippen molar-refractivity contribution in [1.29, 1.82) is 0 Å². The van der Waals surface area contributed by atoms with Crippen LogP contribution < -0.4 is 14.9 Å². The van der Waals surface area contributed by atoms with E-state index in [0.717, 1.165) is 25.7 Å². The highest BCUT2D eigenvalue weighted by molar-refractivity contribution is 8.01. The molecule has 1 aromatic heterocycles. The average molecular weight is 492 g/mol. The van der Waals surface area contributed by atoms with Gasteiger partial charge < -0.3 is 9.47 Å². The molecule has 8 heteroatoms. The predicted molar refractivity (Wildman–Crippen MR) is 139 cm³/mol. The first-order valence-corrected chi connectivity index (χ1v) is 12.7. The number of nitrogens with one attached hydrogen (secondary N) is 1. The zero-order chi connectivity index (χ0) is 23.8. The third-order valence-corrected chi connectivity index (χ3v) is 6.93. The Hall–Kier alpha value is -3.36. The lowest BCUT2D eigenvalue weighted by Crippen LogP contribution is -2.19. The molecule has 174 valence electrons. The van der Waals surface area contributed by atoms with Crippen LogP contribution in [-0.4, -0.2) is 29.5 Å². The van der Waals surface area contributed by atoms with Crippen molar-refractivity contribution in [2.24, 2.45) is 5.10 Å². The molecule has 0 saturated carbocycles. The number of hydrogen-bond acceptors (Lipinski definition) is 7. The molecule has 1 N–H and O–H groups in total. The van der Waals surface area contributed by atoms with Gasteiger partial charge in [-0.25, -0.2) is 10.4 Å². The molecule has 4 rings (SSSR count). The van der Waals surface area contributed by atoms with Gasteiger partial charge in [0.1, 0.15) is 6.61 Å². The standard InChI is InChI=1S/C26H25N3O3S2/c1-3-31-23-14-19(11-12-22(23)32-16-20-8-6-7-18(2)13-20)15-27-29-25(30)17-33-26-28-21-9-4-5-10-24(21)34-26/h4-15H,3,16-17H2,1-2H3,(H,29,30)/b27-15+. The van der Waals surface area contributed by atoms with Gasteiger partial charge in [-0.3, -0.25) is 4.79 Å². The van der Waals surface area contributed by atoms with Crippen LogP contribution >= 0.6 is 23.1 Å². The normalized spacial score (nSPS) is 11.1. The van der Waals surface area contributed by atoms with Crippen molar-refractivity contribution in [3.63, 3.8) is 0 Å². The summed E-state index contributed by atoms with van der Waals surface area (Å²) in [4.78, 5) is 16.7. The highest BCUT2D eigenvalue weighted by Crippen LogP contribution is 2.30. The number of rotatable bonds is 10. The minimum absolute atomic E-state index is 0.191. The second-order valence-corrected chi connectivity index (χ2v) is 9.70. The number of benzene rings is 3. The second-order valence-electron chi connectivity index (χ2n) is 7.45. The number of aryl methyl sites for hydroxylation is 1. The van der Waals surface area contributed by atoms with E-state index < -0.39 is 0 Å². The van der Waals surface area contributed by atoms with Crippen LogP contribution in [0.15, 0.2) is 76.2 Å². The van der Waals surface area contributed by atoms with Crippen LogP contribution in [0.3, 0.4) is 0 Å². The van der Waals surface area contributed by atoms with Crippen LogP contribution in [0.1, 0.15) is 23.6 Å². The van der Waals surface area contributed by atoms with E-state index >= 15 is 0 Å². The zero-order valence-corrected chi connectivity index (χ0v) is 20.6. The number of thiazole rings is 1. The SMILES string of the molecule is CCOc1cc(/C=N/NC(=O)CSc2nc3ccccc3s2)ccc1OCc1cccc(C)c1. The Morgan fingerprint density at radius 2 is 1.97 bits per heavy atom. The molecule has 4 aromatic rings. The van der Waals surface area contributed by atoms with E-state index in [1.54, 1.807) is 17.6 Å². The Morgan fingerprint density at radius 3 is 2.79 bits per heavy atom. The topological polar surface area (TPSA) is 72.8 Å². The van der Waals surface area contributed by atoms with Gasteiger partial charge in [0.05, 0.1) is 28.8 Å². The van der Waals surface area contributed by atoms with Crippen LogP contribution in [0.4, 0.5) is 0 Å². The largest absolute Gasteiger partial charge is 0.490 e. The number of ether oxygens (including phenoxy) is 2. The van der Waals surface area contributed by atoms with Crippen molar-refractivity contribution >= 4 is 45.4 Å². The smallest absolute Gasteiger partial charge is 0.250 e. The molecule has 0 bridgehead atoms. The maximum Gasteiger partial charge on any atom is 0.250 e. The van der Waals surface area contributed by atoms with Crippen LogP contribution in [0, 0.1) is 6.92 Å². The first kappa shape index (κ1) is 23.8. The molecule has 0 aliphatic rings. The van der Waals surface area contributed by atoms with Gasteiger partial charge in [0.15, 0.2) is 15.8 Å². The minimum Gasteiger partial charge on any atom is -0.490 e. The Morgan fingerprint density at radius 1 is 1.09 bits per heavy atom. The number of hydrogen-bond donors (Lipinski definition) is 1. The summed E-state index contributed by atoms with van der Waals surface area (Å²) in [6.45, 7) is 4.95. The number of hydrazone groups is 1. The van der Waals surface area contributed by atoms with Crippen molar-refractivity contribution in [3.8, 4) is 11.5 Å². The number of carbonyl (C=O) groups is 1. The van der Waals surface area contributed by atoms with Crippen molar-refractivity contribution < 1.29 is 14.3 Å². The van der Waals surface area contributed by atoms with Gasteiger partial charge in [-0.1, -0.05) is 53.7 Å². The fourth-order valence-corrected chi connectivity index (χ4v) is 5.07. The summed E-state index contributed by atoms with van der Waals surface area (Å²) in [5, 5.41) is 4.08. The third-order valence-electron chi connectivity index (χ3n) is 4.75. The molecule has 0 aliphatic heterocycles. The van der Waals surface area contributed by atoms with Gasteiger partial charge in [-0.05, 0) is 55.3 Å². The van der Waals surface area contributed by atoms with E-state index in [0.29, 0.717) is 24.7 Å². The highest BCUT2D eigenvalue weighted by Gasteiger charge is 2.08. The number of nitrogens with zero attached hydrogens (tertiary/aromatic N) is 2. The summed E-state index contributed by atoms with van der Waals surface area (Å²) in [7, 11) is 0. The third kappa shape index (κ3) is 6.59. The Bertz CT molecular complexity index is 1270. The Labute approximate surface area is 207 Å². The number of thioether (sulfide) groups is 1. The molecule has 0 unspecified atom stereocenters. The number of para-hydroxylation sites is 1. The maximum absolute atomic E-state index is 12.2. The number of aromatic nitrogens is 1. The van der Waals surface area contributed by atoms with E-state index in [1.807, 2.05) is 61.5 Å². The zero-order valence-electron chi connectivity index (χ0n) is 19.0. The predicted octanol–water partition coefficient (Wildman–Crippen LogP) is 5.82. The molecule has 1 amide bonds. The molecule has 3 aromatic carbocycles. The summed E-state index contributed by atoms with van der Waals surface area (Å²) in [6.07, 6.45) is 1.59. The summed E-state index contributed by atoms with van der Waals surface area (Å²) in [5.74, 6) is 1.35. The summed E-state index contributed by atoms with van der Waals surface area (Å²) in [5.41, 5.74) is 6.60. The molecule has 1 heterocycles. The quantitative estimate of drug-likeness (QED) is 0.172. The number of amides is 1. The fourth-order valence-electron chi connectivity index (χ4n) is 3.21. The van der Waals surface area contributed by atoms with Gasteiger partial charge in [-0.2, -0.15) is 5.10 Å². The van der Waals surface area contributed by atoms with Gasteiger partial charge >= 0.3 is 0 Å². The first-order chi connectivity index (χ1) is 16.6. The molecule has 0 saturated heterocycles. The van der Waals surface area contributed by atoms with Crippen LogP contribution in [0.2, 0.25) is 0 Å². The summed E-state index contributed by atoms with van der Waals surface area (Å²) >= 11 is 2.98. The number of fused-ring (bicyclic) bond motifs is 1. The molecule has 0 radical (unpaired) electrons. The molecule has 34 heavy (non-hydrogen) atoms. The Kier molecular flexibility index (Phi) is 8.17. The van der Waals surface area contributed by atoms with Crippen LogP contribution in [0.25, 0.3) is 10.2 Å². The van der Waals surface area contributed by atoms with E-state index in [1.165, 1.54) is 17.3 Å². The molecule has 0 fully saturated rings. The first-order valence-electron chi connectivity index (χ1n) is 10.9. The Balaban J connectivity index is 1.31. The van der Waals surface area contributed by atoms with E-state index in [2.05, 4.69) is 34.6 Å². The van der Waals surface area contributed by atoms with E-state index in [9.17, 15) is 4.79 Å². The van der Waals surface area contributed by atoms with Crippen molar-refractivity contribution in [2.45, 2.75) is 24.8 Å². The maximum atomic E-state index is 12.2. The molecular weight excluding hydrogens is 466 g/mol. The second kappa shape index (κ2) is 11.7. The summed E-state index contributed by atoms with van der Waals surface area (Å²) < 4.78 is 13.7. The number of carbonyl (C=O) groups excluding carboxylic acids is 1. The molecular formula is C26H25N3O3S2. The van der Waals surface area contributed by atoms with Gasteiger partial charge in [0, 0.05) is 0 Å². The average Bonchev–Trinajstić information content (AvgIpc) is 3.26. The van der Waals surface area contributed by atoms with Crippen LogP contribution in [-0.2, 0) is 11.4 Å². The highest BCUT2D eigenvalue weighted by atomic mass is 32.2. The lowest BCUT2D eigenvalue weighted by Gasteiger charge is -2.13. The molecule has 0 aliphatic carbocycles. The molecule has 6 nitrogen and oxygen atoms in total. The van der Waals surface area contributed by atoms with Gasteiger partial charge in [0.2, 0.25) is 0 Å². The van der Waals surface area contributed by atoms with Gasteiger partial charge in [-0.15, -0.1) is 11.3 Å². The van der Waals surface area contributed by atoms with E-state index in [4.69, 9.17) is 9.47 Å². The lowest BCUT2D eigenvalue weighted by molar-refractivity contribution is -0.118. The van der Waals surface area contributed by atoms with E-state index in [-0.39, 0.29) is 11.7 Å². The summed E-state index contributed by atoms with van der Waals surface area (Å²) in [6, 6.07) is 21.7. The molecule has 0 atom stereocenters. The van der Waals surface area contributed by atoms with Crippen LogP contribution in [0.5, 0.6) is 11.5 Å². The monoisotopic (exact) mass is 491 g/mol. The lowest BCUT2D eigenvalue weighted by atomic mass is 10.1.